The lowest BCUT2D eigenvalue weighted by Gasteiger charge is -2.11. The SMILES string of the molecule is O=C(O)c1cnc(NCc2ccncn2)nc1C(F)(F)F. The lowest BCUT2D eigenvalue weighted by atomic mass is 10.2. The Labute approximate surface area is 115 Å². The van der Waals surface area contributed by atoms with Gasteiger partial charge in [0, 0.05) is 12.4 Å². The summed E-state index contributed by atoms with van der Waals surface area (Å²) in [5, 5.41) is 11.2. The molecule has 2 heterocycles. The minimum absolute atomic E-state index is 0.0756. The van der Waals surface area contributed by atoms with Crippen molar-refractivity contribution < 1.29 is 23.1 Å². The first kappa shape index (κ1) is 14.6. The number of alkyl halides is 3. The van der Waals surface area contributed by atoms with Gasteiger partial charge in [-0.05, 0) is 6.07 Å². The van der Waals surface area contributed by atoms with Crippen molar-refractivity contribution in [2.45, 2.75) is 12.7 Å². The van der Waals surface area contributed by atoms with E-state index in [-0.39, 0.29) is 12.5 Å². The second-order valence-corrected chi connectivity index (χ2v) is 3.81. The van der Waals surface area contributed by atoms with Crippen LogP contribution in [0, 0.1) is 0 Å². The molecule has 0 saturated heterocycles. The molecule has 0 bridgehead atoms. The van der Waals surface area contributed by atoms with Gasteiger partial charge in [-0.2, -0.15) is 13.2 Å². The maximum Gasteiger partial charge on any atom is 0.434 e. The topological polar surface area (TPSA) is 101 Å². The average molecular weight is 299 g/mol. The van der Waals surface area contributed by atoms with Gasteiger partial charge in [0.1, 0.15) is 11.9 Å². The van der Waals surface area contributed by atoms with Gasteiger partial charge in [0.15, 0.2) is 5.69 Å². The van der Waals surface area contributed by atoms with Crippen LogP contribution in [0.3, 0.4) is 0 Å². The van der Waals surface area contributed by atoms with E-state index >= 15 is 0 Å². The highest BCUT2D eigenvalue weighted by Crippen LogP contribution is 2.30. The fourth-order valence-corrected chi connectivity index (χ4v) is 1.43. The molecule has 0 radical (unpaired) electrons. The van der Waals surface area contributed by atoms with Gasteiger partial charge >= 0.3 is 12.1 Å². The molecule has 0 saturated carbocycles. The number of hydrogen-bond donors (Lipinski definition) is 2. The molecular weight excluding hydrogens is 291 g/mol. The molecule has 0 amide bonds. The van der Waals surface area contributed by atoms with E-state index in [0.29, 0.717) is 11.9 Å². The normalized spacial score (nSPS) is 11.2. The molecule has 2 aromatic rings. The van der Waals surface area contributed by atoms with Crippen LogP contribution in [0.25, 0.3) is 0 Å². The van der Waals surface area contributed by atoms with E-state index in [1.165, 1.54) is 12.5 Å². The third-order valence-electron chi connectivity index (χ3n) is 2.36. The van der Waals surface area contributed by atoms with Crippen LogP contribution in [-0.2, 0) is 12.7 Å². The van der Waals surface area contributed by atoms with E-state index < -0.39 is 23.4 Å². The molecule has 7 nitrogen and oxygen atoms in total. The average Bonchev–Trinajstić information content (AvgIpc) is 2.45. The van der Waals surface area contributed by atoms with Crippen LogP contribution in [0.15, 0.2) is 24.8 Å². The summed E-state index contributed by atoms with van der Waals surface area (Å²) in [5.41, 5.74) is -1.99. The van der Waals surface area contributed by atoms with E-state index in [9.17, 15) is 18.0 Å². The number of hydrogen-bond acceptors (Lipinski definition) is 6. The van der Waals surface area contributed by atoms with Crippen LogP contribution >= 0.6 is 0 Å². The van der Waals surface area contributed by atoms with Gasteiger partial charge in [-0.15, -0.1) is 0 Å². The number of carbonyl (C=O) groups is 1. The van der Waals surface area contributed by atoms with E-state index in [2.05, 4.69) is 25.3 Å². The molecule has 0 aliphatic rings. The first-order valence-electron chi connectivity index (χ1n) is 5.54. The van der Waals surface area contributed by atoms with Crippen molar-refractivity contribution in [1.82, 2.24) is 19.9 Å². The number of nitrogens with zero attached hydrogens (tertiary/aromatic N) is 4. The highest BCUT2D eigenvalue weighted by Gasteiger charge is 2.38. The van der Waals surface area contributed by atoms with Gasteiger partial charge in [-0.25, -0.2) is 24.7 Å². The predicted molar refractivity (Wildman–Crippen MR) is 63.4 cm³/mol. The number of anilines is 1. The Morgan fingerprint density at radius 3 is 2.67 bits per heavy atom. The summed E-state index contributed by atoms with van der Waals surface area (Å²) in [6.45, 7) is 0.0756. The summed E-state index contributed by atoms with van der Waals surface area (Å²) in [5.74, 6) is -2.09. The Balaban J connectivity index is 2.24. The number of carboxylic acids is 1. The number of nitrogens with one attached hydrogen (secondary N) is 1. The van der Waals surface area contributed by atoms with E-state index in [4.69, 9.17) is 5.11 Å². The summed E-state index contributed by atoms with van der Waals surface area (Å²) in [6.07, 6.45) is -1.52. The number of carboxylic acid groups (broad SMARTS) is 1. The number of halogens is 3. The highest BCUT2D eigenvalue weighted by molar-refractivity contribution is 5.88. The second-order valence-electron chi connectivity index (χ2n) is 3.81. The van der Waals surface area contributed by atoms with Crippen molar-refractivity contribution in [2.24, 2.45) is 0 Å². The van der Waals surface area contributed by atoms with Crippen molar-refractivity contribution in [1.29, 1.82) is 0 Å². The molecule has 2 rings (SSSR count). The molecule has 10 heteroatoms. The van der Waals surface area contributed by atoms with Crippen molar-refractivity contribution in [3.8, 4) is 0 Å². The minimum atomic E-state index is -4.89. The van der Waals surface area contributed by atoms with Crippen LogP contribution in [0.4, 0.5) is 19.1 Å². The largest absolute Gasteiger partial charge is 0.478 e. The van der Waals surface area contributed by atoms with Gasteiger partial charge < -0.3 is 10.4 Å². The van der Waals surface area contributed by atoms with Crippen molar-refractivity contribution in [3.05, 3.63) is 41.7 Å². The monoisotopic (exact) mass is 299 g/mol. The molecule has 0 atom stereocenters. The van der Waals surface area contributed by atoms with E-state index in [1.54, 1.807) is 6.07 Å². The smallest absolute Gasteiger partial charge is 0.434 e. The molecule has 0 fully saturated rings. The molecule has 0 aliphatic heterocycles. The highest BCUT2D eigenvalue weighted by atomic mass is 19.4. The van der Waals surface area contributed by atoms with Crippen LogP contribution in [0.5, 0.6) is 0 Å². The zero-order valence-electron chi connectivity index (χ0n) is 10.3. The van der Waals surface area contributed by atoms with Crippen LogP contribution in [0.2, 0.25) is 0 Å². The van der Waals surface area contributed by atoms with Crippen molar-refractivity contribution in [3.63, 3.8) is 0 Å². The Bertz CT molecular complexity index is 648. The minimum Gasteiger partial charge on any atom is -0.478 e. The predicted octanol–water partition coefficient (Wildman–Crippen LogP) is 1.60. The third-order valence-corrected chi connectivity index (χ3v) is 2.36. The Morgan fingerprint density at radius 1 is 1.33 bits per heavy atom. The molecule has 0 aromatic carbocycles. The zero-order chi connectivity index (χ0) is 15.5. The molecule has 2 N–H and O–H groups in total. The number of aromatic nitrogens is 4. The zero-order valence-corrected chi connectivity index (χ0v) is 10.3. The lowest BCUT2D eigenvalue weighted by molar-refractivity contribution is -0.141. The Morgan fingerprint density at radius 2 is 2.10 bits per heavy atom. The summed E-state index contributed by atoms with van der Waals surface area (Å²) in [6, 6.07) is 1.56. The van der Waals surface area contributed by atoms with E-state index in [1.807, 2.05) is 0 Å². The standard InChI is InChI=1S/C11H8F3N5O2/c12-11(13,14)8-7(9(20)21)4-17-10(19-8)16-3-6-1-2-15-5-18-6/h1-2,4-5H,3H2,(H,20,21)(H,16,17,19). The molecular formula is C11H8F3N5O2. The van der Waals surface area contributed by atoms with Crippen molar-refractivity contribution in [2.75, 3.05) is 5.32 Å². The summed E-state index contributed by atoms with van der Waals surface area (Å²) in [7, 11) is 0. The molecule has 0 aliphatic carbocycles. The third kappa shape index (κ3) is 3.61. The van der Waals surface area contributed by atoms with Gasteiger partial charge in [0.25, 0.3) is 0 Å². The molecule has 2 aromatic heterocycles. The van der Waals surface area contributed by atoms with Crippen LogP contribution < -0.4 is 5.32 Å². The maximum absolute atomic E-state index is 12.7. The molecule has 110 valence electrons. The lowest BCUT2D eigenvalue weighted by Crippen LogP contribution is -2.18. The quantitative estimate of drug-likeness (QED) is 0.884. The van der Waals surface area contributed by atoms with Crippen molar-refractivity contribution >= 4 is 11.9 Å². The van der Waals surface area contributed by atoms with Crippen LogP contribution in [-0.4, -0.2) is 31.0 Å². The summed E-state index contributed by atoms with van der Waals surface area (Å²) >= 11 is 0. The number of aromatic carboxylic acids is 1. The van der Waals surface area contributed by atoms with Gasteiger partial charge in [0.05, 0.1) is 12.2 Å². The molecule has 0 spiro atoms. The summed E-state index contributed by atoms with van der Waals surface area (Å²) in [4.78, 5) is 25.1. The molecule has 0 unspecified atom stereocenters. The Hall–Kier alpha value is -2.78. The first-order chi connectivity index (χ1) is 9.88. The summed E-state index contributed by atoms with van der Waals surface area (Å²) < 4.78 is 38.2. The van der Waals surface area contributed by atoms with E-state index in [0.717, 1.165) is 0 Å². The number of rotatable bonds is 4. The molecule has 21 heavy (non-hydrogen) atoms. The Kier molecular flexibility index (Phi) is 3.96. The maximum atomic E-state index is 12.7. The fraction of sp³-hybridized carbons (Fsp3) is 0.182. The van der Waals surface area contributed by atoms with Gasteiger partial charge in [-0.1, -0.05) is 0 Å². The van der Waals surface area contributed by atoms with Gasteiger partial charge in [-0.3, -0.25) is 0 Å². The van der Waals surface area contributed by atoms with Gasteiger partial charge in [0.2, 0.25) is 5.95 Å². The fourth-order valence-electron chi connectivity index (χ4n) is 1.43. The van der Waals surface area contributed by atoms with Crippen LogP contribution in [0.1, 0.15) is 21.7 Å². The first-order valence-corrected chi connectivity index (χ1v) is 5.54. The second kappa shape index (κ2) is 5.69.